The van der Waals surface area contributed by atoms with E-state index in [1.807, 2.05) is 6.07 Å². The van der Waals surface area contributed by atoms with Crippen LogP contribution in [0.1, 0.15) is 19.8 Å². The van der Waals surface area contributed by atoms with Gasteiger partial charge in [0.15, 0.2) is 5.52 Å². The van der Waals surface area contributed by atoms with Gasteiger partial charge in [0.25, 0.3) is 0 Å². The molecule has 0 radical (unpaired) electrons. The van der Waals surface area contributed by atoms with Crippen molar-refractivity contribution in [1.29, 1.82) is 0 Å². The van der Waals surface area contributed by atoms with Crippen molar-refractivity contribution < 1.29 is 4.92 Å². The van der Waals surface area contributed by atoms with Crippen molar-refractivity contribution in [3.05, 3.63) is 27.8 Å². The van der Waals surface area contributed by atoms with Gasteiger partial charge >= 0.3 is 5.69 Å². The minimum absolute atomic E-state index is 0.0988. The minimum Gasteiger partial charge on any atom is -0.379 e. The standard InChI is InChI=1S/C13H15N3O2S/c1-8(9-2-3-9)6-14-10-4-5-11-12(15-7-19-11)13(10)16(17)18/h4-5,7-9,14H,2-3,6H2,1H3. The number of benzene rings is 1. The van der Waals surface area contributed by atoms with Crippen LogP contribution in [-0.4, -0.2) is 16.5 Å². The molecule has 1 unspecified atom stereocenters. The quantitative estimate of drug-likeness (QED) is 0.669. The second kappa shape index (κ2) is 4.77. The first-order valence-corrected chi connectivity index (χ1v) is 7.29. The Morgan fingerprint density at radius 2 is 2.37 bits per heavy atom. The number of rotatable bonds is 5. The van der Waals surface area contributed by atoms with Crippen LogP contribution in [0.2, 0.25) is 0 Å². The molecule has 0 aliphatic heterocycles. The van der Waals surface area contributed by atoms with Gasteiger partial charge in [0.05, 0.1) is 15.1 Å². The number of hydrogen-bond donors (Lipinski definition) is 1. The predicted octanol–water partition coefficient (Wildman–Crippen LogP) is 3.66. The monoisotopic (exact) mass is 277 g/mol. The Hall–Kier alpha value is -1.69. The third-order valence-electron chi connectivity index (χ3n) is 3.70. The fraction of sp³-hybridized carbons (Fsp3) is 0.462. The van der Waals surface area contributed by atoms with Gasteiger partial charge in [0.1, 0.15) is 5.69 Å². The molecule has 1 aliphatic carbocycles. The number of nitrogens with one attached hydrogen (secondary N) is 1. The SMILES string of the molecule is CC(CNc1ccc2scnc2c1[N+](=O)[O-])C1CC1. The van der Waals surface area contributed by atoms with Gasteiger partial charge in [-0.15, -0.1) is 11.3 Å². The second-order valence-electron chi connectivity index (χ2n) is 5.11. The van der Waals surface area contributed by atoms with E-state index in [9.17, 15) is 10.1 Å². The highest BCUT2D eigenvalue weighted by molar-refractivity contribution is 7.16. The van der Waals surface area contributed by atoms with Gasteiger partial charge < -0.3 is 5.32 Å². The van der Waals surface area contributed by atoms with E-state index in [0.29, 0.717) is 17.1 Å². The number of aromatic nitrogens is 1. The minimum atomic E-state index is -0.341. The van der Waals surface area contributed by atoms with E-state index < -0.39 is 0 Å². The van der Waals surface area contributed by atoms with Gasteiger partial charge in [-0.05, 0) is 36.8 Å². The van der Waals surface area contributed by atoms with Crippen LogP contribution in [0.5, 0.6) is 0 Å². The van der Waals surface area contributed by atoms with Crippen molar-refractivity contribution in [3.8, 4) is 0 Å². The zero-order valence-corrected chi connectivity index (χ0v) is 11.4. The molecule has 1 fully saturated rings. The molecule has 1 atom stereocenters. The Bertz CT molecular complexity index is 621. The highest BCUT2D eigenvalue weighted by atomic mass is 32.1. The van der Waals surface area contributed by atoms with Crippen molar-refractivity contribution in [1.82, 2.24) is 4.98 Å². The first kappa shape index (κ1) is 12.3. The summed E-state index contributed by atoms with van der Waals surface area (Å²) in [5, 5.41) is 14.5. The van der Waals surface area contributed by atoms with Crippen LogP contribution >= 0.6 is 11.3 Å². The van der Waals surface area contributed by atoms with Crippen LogP contribution < -0.4 is 5.32 Å². The molecule has 0 bridgehead atoms. The second-order valence-corrected chi connectivity index (χ2v) is 6.00. The third kappa shape index (κ3) is 2.40. The van der Waals surface area contributed by atoms with E-state index in [2.05, 4.69) is 17.2 Å². The van der Waals surface area contributed by atoms with Crippen LogP contribution in [0, 0.1) is 22.0 Å². The summed E-state index contributed by atoms with van der Waals surface area (Å²) in [5.74, 6) is 1.35. The molecule has 5 nitrogen and oxygen atoms in total. The molecule has 0 saturated heterocycles. The van der Waals surface area contributed by atoms with Gasteiger partial charge in [-0.25, -0.2) is 4.98 Å². The number of thiazole rings is 1. The van der Waals surface area contributed by atoms with Crippen LogP contribution in [0.4, 0.5) is 11.4 Å². The van der Waals surface area contributed by atoms with E-state index in [1.54, 1.807) is 11.6 Å². The van der Waals surface area contributed by atoms with Gasteiger partial charge in [0, 0.05) is 6.54 Å². The molecule has 1 saturated carbocycles. The topological polar surface area (TPSA) is 68.1 Å². The normalized spacial score (nSPS) is 16.5. The lowest BCUT2D eigenvalue weighted by Gasteiger charge is -2.12. The molecule has 6 heteroatoms. The number of hydrogen-bond acceptors (Lipinski definition) is 5. The molecule has 3 rings (SSSR count). The van der Waals surface area contributed by atoms with Gasteiger partial charge in [-0.1, -0.05) is 6.92 Å². The Morgan fingerprint density at radius 1 is 1.58 bits per heavy atom. The molecular weight excluding hydrogens is 262 g/mol. The van der Waals surface area contributed by atoms with Gasteiger partial charge in [-0.3, -0.25) is 10.1 Å². The lowest BCUT2D eigenvalue weighted by molar-refractivity contribution is -0.382. The molecule has 2 aromatic rings. The zero-order valence-electron chi connectivity index (χ0n) is 10.6. The van der Waals surface area contributed by atoms with E-state index in [-0.39, 0.29) is 10.6 Å². The van der Waals surface area contributed by atoms with E-state index in [4.69, 9.17) is 0 Å². The van der Waals surface area contributed by atoms with Crippen molar-refractivity contribution in [2.45, 2.75) is 19.8 Å². The van der Waals surface area contributed by atoms with E-state index >= 15 is 0 Å². The Kier molecular flexibility index (Phi) is 3.10. The maximum atomic E-state index is 11.3. The molecule has 19 heavy (non-hydrogen) atoms. The van der Waals surface area contributed by atoms with E-state index in [1.165, 1.54) is 24.2 Å². The Balaban J connectivity index is 1.88. The van der Waals surface area contributed by atoms with Crippen LogP contribution in [-0.2, 0) is 0 Å². The molecule has 1 N–H and O–H groups in total. The summed E-state index contributed by atoms with van der Waals surface area (Å²) in [4.78, 5) is 15.0. The summed E-state index contributed by atoms with van der Waals surface area (Å²) in [6.07, 6.45) is 2.58. The number of fused-ring (bicyclic) bond motifs is 1. The number of nitro benzene ring substituents is 1. The fourth-order valence-corrected chi connectivity index (χ4v) is 3.03. The molecule has 1 aromatic carbocycles. The maximum absolute atomic E-state index is 11.3. The smallest absolute Gasteiger partial charge is 0.319 e. The highest BCUT2D eigenvalue weighted by Gasteiger charge is 2.28. The predicted molar refractivity (Wildman–Crippen MR) is 76.7 cm³/mol. The first-order valence-electron chi connectivity index (χ1n) is 6.41. The number of nitro groups is 1. The maximum Gasteiger partial charge on any atom is 0.319 e. The molecule has 1 aliphatic rings. The summed E-state index contributed by atoms with van der Waals surface area (Å²) in [7, 11) is 0. The molecule has 100 valence electrons. The third-order valence-corrected chi connectivity index (χ3v) is 4.49. The average molecular weight is 277 g/mol. The molecule has 1 heterocycles. The Morgan fingerprint density at radius 3 is 3.05 bits per heavy atom. The lowest BCUT2D eigenvalue weighted by Crippen LogP contribution is -2.13. The van der Waals surface area contributed by atoms with Crippen LogP contribution in [0.25, 0.3) is 10.2 Å². The molecular formula is C13H15N3O2S. The average Bonchev–Trinajstić information content (AvgIpc) is 3.13. The van der Waals surface area contributed by atoms with Gasteiger partial charge in [-0.2, -0.15) is 0 Å². The van der Waals surface area contributed by atoms with E-state index in [0.717, 1.165) is 17.2 Å². The molecule has 0 amide bonds. The van der Waals surface area contributed by atoms with Crippen molar-refractivity contribution in [3.63, 3.8) is 0 Å². The summed E-state index contributed by atoms with van der Waals surface area (Å²) in [6.45, 7) is 2.97. The fourth-order valence-electron chi connectivity index (χ4n) is 2.35. The molecule has 1 aromatic heterocycles. The van der Waals surface area contributed by atoms with Crippen molar-refractivity contribution >= 4 is 32.9 Å². The van der Waals surface area contributed by atoms with Crippen LogP contribution in [0.15, 0.2) is 17.6 Å². The summed E-state index contributed by atoms with van der Waals surface area (Å²) in [6, 6.07) is 3.68. The molecule has 0 spiro atoms. The highest BCUT2D eigenvalue weighted by Crippen LogP contribution is 2.38. The summed E-state index contributed by atoms with van der Waals surface area (Å²) >= 11 is 1.42. The largest absolute Gasteiger partial charge is 0.379 e. The number of nitrogens with zero attached hydrogens (tertiary/aromatic N) is 2. The lowest BCUT2D eigenvalue weighted by atomic mass is 10.1. The van der Waals surface area contributed by atoms with Gasteiger partial charge in [0.2, 0.25) is 0 Å². The first-order chi connectivity index (χ1) is 9.16. The summed E-state index contributed by atoms with van der Waals surface area (Å²) in [5.41, 5.74) is 2.81. The summed E-state index contributed by atoms with van der Waals surface area (Å²) < 4.78 is 0.854. The Labute approximate surface area is 114 Å². The zero-order chi connectivity index (χ0) is 13.4. The number of anilines is 1. The van der Waals surface area contributed by atoms with Crippen LogP contribution in [0.3, 0.4) is 0 Å². The van der Waals surface area contributed by atoms with Crippen molar-refractivity contribution in [2.24, 2.45) is 11.8 Å². The van der Waals surface area contributed by atoms with Crippen molar-refractivity contribution in [2.75, 3.05) is 11.9 Å².